The van der Waals surface area contributed by atoms with E-state index < -0.39 is 0 Å². The highest BCUT2D eigenvalue weighted by atomic mass is 16.3. The summed E-state index contributed by atoms with van der Waals surface area (Å²) in [5.74, 6) is 0.438. The van der Waals surface area contributed by atoms with E-state index in [0.717, 1.165) is 28.6 Å². The summed E-state index contributed by atoms with van der Waals surface area (Å²) < 4.78 is 5.66. The van der Waals surface area contributed by atoms with Gasteiger partial charge in [-0.2, -0.15) is 0 Å². The first-order valence-corrected chi connectivity index (χ1v) is 8.49. The number of anilines is 2. The number of hydrogen-bond acceptors (Lipinski definition) is 3. The largest absolute Gasteiger partial charge is 0.457 e. The highest BCUT2D eigenvalue weighted by molar-refractivity contribution is 6.02. The third-order valence-corrected chi connectivity index (χ3v) is 4.47. The van der Waals surface area contributed by atoms with Gasteiger partial charge in [0.15, 0.2) is 0 Å². The van der Waals surface area contributed by atoms with Crippen LogP contribution >= 0.6 is 0 Å². The summed E-state index contributed by atoms with van der Waals surface area (Å²) in [6.45, 7) is 2.25. The summed E-state index contributed by atoms with van der Waals surface area (Å²) in [6.07, 6.45) is 3.90. The first-order valence-electron chi connectivity index (χ1n) is 8.49. The number of para-hydroxylation sites is 1. The molecule has 0 aliphatic carbocycles. The Morgan fingerprint density at radius 1 is 1.15 bits per heavy atom. The molecule has 0 bridgehead atoms. The summed E-state index contributed by atoms with van der Waals surface area (Å²) in [4.78, 5) is 25.5. The fraction of sp³-hybridized carbons (Fsp3) is 0.143. The summed E-state index contributed by atoms with van der Waals surface area (Å²) in [5, 5.41) is 3.85. The van der Waals surface area contributed by atoms with Gasteiger partial charge in [0.2, 0.25) is 11.8 Å². The van der Waals surface area contributed by atoms with Crippen molar-refractivity contribution < 1.29 is 14.0 Å². The highest BCUT2D eigenvalue weighted by Gasteiger charge is 2.22. The van der Waals surface area contributed by atoms with Crippen LogP contribution in [0.1, 0.15) is 18.2 Å². The molecule has 1 aliphatic heterocycles. The molecule has 2 aromatic carbocycles. The van der Waals surface area contributed by atoms with E-state index in [2.05, 4.69) is 5.32 Å². The SMILES string of the molecule is CC(=O)N1CCc2cc(NC(=O)/C=C/c3cc4ccccc4o3)ccc21. The molecule has 1 N–H and O–H groups in total. The van der Waals surface area contributed by atoms with Crippen LogP contribution in [0.15, 0.2) is 59.0 Å². The second-order valence-electron chi connectivity index (χ2n) is 6.27. The number of carbonyl (C=O) groups is 2. The van der Waals surface area contributed by atoms with E-state index in [1.165, 1.54) is 6.08 Å². The minimum Gasteiger partial charge on any atom is -0.457 e. The number of amides is 2. The van der Waals surface area contributed by atoms with E-state index in [1.54, 1.807) is 17.9 Å². The van der Waals surface area contributed by atoms with Gasteiger partial charge in [-0.25, -0.2) is 0 Å². The lowest BCUT2D eigenvalue weighted by molar-refractivity contribution is -0.116. The van der Waals surface area contributed by atoms with Crippen molar-refractivity contribution in [3.8, 4) is 0 Å². The number of hydrogen-bond donors (Lipinski definition) is 1. The van der Waals surface area contributed by atoms with Crippen molar-refractivity contribution in [2.45, 2.75) is 13.3 Å². The van der Waals surface area contributed by atoms with Gasteiger partial charge in [0.25, 0.3) is 0 Å². The highest BCUT2D eigenvalue weighted by Crippen LogP contribution is 2.30. The molecule has 0 radical (unpaired) electrons. The van der Waals surface area contributed by atoms with Gasteiger partial charge in [-0.05, 0) is 48.4 Å². The smallest absolute Gasteiger partial charge is 0.248 e. The topological polar surface area (TPSA) is 62.6 Å². The Hall–Kier alpha value is -3.34. The van der Waals surface area contributed by atoms with Gasteiger partial charge in [0, 0.05) is 36.3 Å². The molecule has 3 aromatic rings. The Morgan fingerprint density at radius 3 is 2.81 bits per heavy atom. The van der Waals surface area contributed by atoms with Crippen LogP contribution < -0.4 is 10.2 Å². The number of fused-ring (bicyclic) bond motifs is 2. The van der Waals surface area contributed by atoms with Crippen LogP contribution in [0, 0.1) is 0 Å². The number of carbonyl (C=O) groups excluding carboxylic acids is 2. The fourth-order valence-corrected chi connectivity index (χ4v) is 3.23. The lowest BCUT2D eigenvalue weighted by Gasteiger charge is -2.14. The maximum Gasteiger partial charge on any atom is 0.248 e. The first kappa shape index (κ1) is 16.1. The van der Waals surface area contributed by atoms with Crippen LogP contribution in [0.5, 0.6) is 0 Å². The van der Waals surface area contributed by atoms with Gasteiger partial charge in [0.1, 0.15) is 11.3 Å². The minimum absolute atomic E-state index is 0.0364. The molecule has 5 nitrogen and oxygen atoms in total. The standard InChI is InChI=1S/C21H18N2O3/c1-14(24)23-11-10-15-12-17(6-8-19(15)23)22-21(25)9-7-18-13-16-4-2-3-5-20(16)26-18/h2-9,12-13H,10-11H2,1H3,(H,22,25)/b9-7+. The molecule has 0 spiro atoms. The molecule has 0 saturated heterocycles. The maximum atomic E-state index is 12.2. The number of nitrogens with one attached hydrogen (secondary N) is 1. The molecule has 4 rings (SSSR count). The summed E-state index contributed by atoms with van der Waals surface area (Å²) in [5.41, 5.74) is 3.50. The average molecular weight is 346 g/mol. The van der Waals surface area contributed by atoms with Crippen molar-refractivity contribution in [2.24, 2.45) is 0 Å². The van der Waals surface area contributed by atoms with Crippen molar-refractivity contribution in [3.63, 3.8) is 0 Å². The van der Waals surface area contributed by atoms with E-state index in [0.29, 0.717) is 18.0 Å². The Morgan fingerprint density at radius 2 is 2.00 bits per heavy atom. The molecule has 0 fully saturated rings. The zero-order chi connectivity index (χ0) is 18.1. The third-order valence-electron chi connectivity index (χ3n) is 4.47. The normalized spacial score (nSPS) is 13.3. The Bertz CT molecular complexity index is 1000. The molecule has 1 aromatic heterocycles. The summed E-state index contributed by atoms with van der Waals surface area (Å²) in [6, 6.07) is 15.2. The molecule has 0 saturated carbocycles. The molecular formula is C21H18N2O3. The molecule has 0 atom stereocenters. The molecular weight excluding hydrogens is 328 g/mol. The Kier molecular flexibility index (Phi) is 4.05. The van der Waals surface area contributed by atoms with Gasteiger partial charge in [-0.15, -0.1) is 0 Å². The van der Waals surface area contributed by atoms with E-state index in [4.69, 9.17) is 4.42 Å². The lowest BCUT2D eigenvalue weighted by atomic mass is 10.1. The van der Waals surface area contributed by atoms with Crippen LogP contribution in [0.4, 0.5) is 11.4 Å². The monoisotopic (exact) mass is 346 g/mol. The van der Waals surface area contributed by atoms with Crippen LogP contribution in [0.3, 0.4) is 0 Å². The maximum absolute atomic E-state index is 12.2. The molecule has 2 heterocycles. The lowest BCUT2D eigenvalue weighted by Crippen LogP contribution is -2.25. The van der Waals surface area contributed by atoms with Crippen LogP contribution in [-0.2, 0) is 16.0 Å². The third kappa shape index (κ3) is 3.11. The number of benzene rings is 2. The first-order chi connectivity index (χ1) is 12.6. The van der Waals surface area contributed by atoms with Gasteiger partial charge >= 0.3 is 0 Å². The van der Waals surface area contributed by atoms with Crippen LogP contribution in [0.25, 0.3) is 17.0 Å². The van der Waals surface area contributed by atoms with E-state index in [-0.39, 0.29) is 11.8 Å². The molecule has 130 valence electrons. The molecule has 2 amide bonds. The van der Waals surface area contributed by atoms with Gasteiger partial charge in [0.05, 0.1) is 0 Å². The van der Waals surface area contributed by atoms with E-state index in [9.17, 15) is 9.59 Å². The number of furan rings is 1. The number of rotatable bonds is 3. The summed E-state index contributed by atoms with van der Waals surface area (Å²) >= 11 is 0. The fourth-order valence-electron chi connectivity index (χ4n) is 3.23. The zero-order valence-electron chi connectivity index (χ0n) is 14.4. The average Bonchev–Trinajstić information content (AvgIpc) is 3.23. The van der Waals surface area contributed by atoms with Crippen LogP contribution in [0.2, 0.25) is 0 Å². The minimum atomic E-state index is -0.230. The number of nitrogens with zero attached hydrogens (tertiary/aromatic N) is 1. The van der Waals surface area contributed by atoms with Crippen molar-refractivity contribution in [1.29, 1.82) is 0 Å². The van der Waals surface area contributed by atoms with E-state index >= 15 is 0 Å². The predicted molar refractivity (Wildman–Crippen MR) is 102 cm³/mol. The Balaban J connectivity index is 1.46. The van der Waals surface area contributed by atoms with Crippen molar-refractivity contribution in [2.75, 3.05) is 16.8 Å². The van der Waals surface area contributed by atoms with Crippen molar-refractivity contribution >= 4 is 40.2 Å². The van der Waals surface area contributed by atoms with Crippen molar-refractivity contribution in [3.05, 3.63) is 65.9 Å². The second-order valence-corrected chi connectivity index (χ2v) is 6.27. The quantitative estimate of drug-likeness (QED) is 0.729. The zero-order valence-corrected chi connectivity index (χ0v) is 14.4. The Labute approximate surface area is 150 Å². The van der Waals surface area contributed by atoms with Gasteiger partial charge in [-0.3, -0.25) is 9.59 Å². The van der Waals surface area contributed by atoms with Gasteiger partial charge < -0.3 is 14.6 Å². The molecule has 5 heteroatoms. The molecule has 1 aliphatic rings. The molecule has 26 heavy (non-hydrogen) atoms. The molecule has 0 unspecified atom stereocenters. The van der Waals surface area contributed by atoms with Crippen LogP contribution in [-0.4, -0.2) is 18.4 Å². The predicted octanol–water partition coefficient (Wildman–Crippen LogP) is 3.99. The van der Waals surface area contributed by atoms with Gasteiger partial charge in [-0.1, -0.05) is 18.2 Å². The van der Waals surface area contributed by atoms with Crippen molar-refractivity contribution in [1.82, 2.24) is 0 Å². The second kappa shape index (κ2) is 6.52. The summed E-state index contributed by atoms with van der Waals surface area (Å²) in [7, 11) is 0. The van der Waals surface area contributed by atoms with E-state index in [1.807, 2.05) is 48.5 Å².